The van der Waals surface area contributed by atoms with Crippen LogP contribution in [0.3, 0.4) is 0 Å². The summed E-state index contributed by atoms with van der Waals surface area (Å²) in [5.41, 5.74) is 3.98. The van der Waals surface area contributed by atoms with Crippen LogP contribution in [-0.4, -0.2) is 32.2 Å². The lowest BCUT2D eigenvalue weighted by Crippen LogP contribution is -2.32. The Morgan fingerprint density at radius 1 is 0.941 bits per heavy atom. The maximum Gasteiger partial charge on any atom is 0.329 e. The van der Waals surface area contributed by atoms with Gasteiger partial charge in [-0.1, -0.05) is 35.3 Å². The summed E-state index contributed by atoms with van der Waals surface area (Å²) >= 11 is 12.1. The van der Waals surface area contributed by atoms with Gasteiger partial charge in [0.05, 0.1) is 20.4 Å². The summed E-state index contributed by atoms with van der Waals surface area (Å²) in [5, 5.41) is 7.33. The van der Waals surface area contributed by atoms with E-state index in [4.69, 9.17) is 37.4 Å². The Morgan fingerprint density at radius 3 is 2.50 bits per heavy atom. The lowest BCUT2D eigenvalue weighted by molar-refractivity contribution is -0.136. The topological polar surface area (TPSA) is 98.2 Å². The summed E-state index contributed by atoms with van der Waals surface area (Å²) in [6.07, 6.45) is 1.37. The molecule has 10 heteroatoms. The van der Waals surface area contributed by atoms with E-state index < -0.39 is 11.8 Å². The number of hydrogen-bond acceptors (Lipinski definition) is 6. The third kappa shape index (κ3) is 6.87. The van der Waals surface area contributed by atoms with Crippen molar-refractivity contribution >= 4 is 46.9 Å². The lowest BCUT2D eigenvalue weighted by atomic mass is 10.2. The first kappa shape index (κ1) is 24.9. The van der Waals surface area contributed by atoms with Crippen LogP contribution in [0, 0.1) is 0 Å². The Labute approximate surface area is 206 Å². The lowest BCUT2D eigenvalue weighted by Gasteiger charge is -2.12. The molecule has 0 saturated heterocycles. The second-order valence-electron chi connectivity index (χ2n) is 6.82. The molecule has 0 aliphatic heterocycles. The van der Waals surface area contributed by atoms with Crippen LogP contribution in [-0.2, 0) is 16.2 Å². The number of nitrogens with zero attached hydrogens (tertiary/aromatic N) is 1. The van der Waals surface area contributed by atoms with Gasteiger partial charge in [0.1, 0.15) is 12.4 Å². The molecule has 0 unspecified atom stereocenters. The summed E-state index contributed by atoms with van der Waals surface area (Å²) in [4.78, 5) is 24.0. The molecule has 0 atom stereocenters. The highest BCUT2D eigenvalue weighted by Gasteiger charge is 2.13. The summed E-state index contributed by atoms with van der Waals surface area (Å²) in [7, 11) is 3.01. The molecule has 0 spiro atoms. The van der Waals surface area contributed by atoms with Crippen molar-refractivity contribution in [1.82, 2.24) is 5.43 Å². The molecule has 8 nitrogen and oxygen atoms in total. The number of ether oxygens (including phenoxy) is 3. The van der Waals surface area contributed by atoms with E-state index in [1.807, 2.05) is 0 Å². The summed E-state index contributed by atoms with van der Waals surface area (Å²) in [6, 6.07) is 16.9. The number of benzene rings is 3. The second-order valence-corrected chi connectivity index (χ2v) is 7.66. The van der Waals surface area contributed by atoms with Crippen LogP contribution in [0.5, 0.6) is 17.2 Å². The molecule has 0 heterocycles. The summed E-state index contributed by atoms with van der Waals surface area (Å²) in [5.74, 6) is -0.296. The zero-order chi connectivity index (χ0) is 24.5. The van der Waals surface area contributed by atoms with Crippen LogP contribution in [0.2, 0.25) is 10.0 Å². The zero-order valence-corrected chi connectivity index (χ0v) is 19.8. The van der Waals surface area contributed by atoms with Gasteiger partial charge in [0.25, 0.3) is 0 Å². The first-order valence-corrected chi connectivity index (χ1v) is 10.7. The number of amides is 2. The van der Waals surface area contributed by atoms with Crippen molar-refractivity contribution in [3.8, 4) is 17.2 Å². The Kier molecular flexibility index (Phi) is 8.73. The van der Waals surface area contributed by atoms with Gasteiger partial charge in [-0.2, -0.15) is 5.10 Å². The predicted octanol–water partition coefficient (Wildman–Crippen LogP) is 4.68. The molecule has 0 aliphatic rings. The Morgan fingerprint density at radius 2 is 1.76 bits per heavy atom. The second kappa shape index (κ2) is 11.9. The first-order valence-electron chi connectivity index (χ1n) is 9.93. The summed E-state index contributed by atoms with van der Waals surface area (Å²) < 4.78 is 16.3. The van der Waals surface area contributed by atoms with Gasteiger partial charge < -0.3 is 19.5 Å². The average Bonchev–Trinajstić information content (AvgIpc) is 2.83. The third-order valence-electron chi connectivity index (χ3n) is 4.50. The minimum atomic E-state index is -0.925. The minimum absolute atomic E-state index is 0.220. The molecule has 0 bridgehead atoms. The molecule has 3 aromatic rings. The van der Waals surface area contributed by atoms with E-state index in [0.29, 0.717) is 38.5 Å². The fraction of sp³-hybridized carbons (Fsp3) is 0.125. The van der Waals surface area contributed by atoms with E-state index in [1.54, 1.807) is 60.7 Å². The number of hydrazone groups is 1. The largest absolute Gasteiger partial charge is 0.497 e. The Balaban J connectivity index is 1.57. The van der Waals surface area contributed by atoms with Crippen LogP contribution >= 0.6 is 23.2 Å². The average molecular weight is 502 g/mol. The van der Waals surface area contributed by atoms with Gasteiger partial charge in [0.15, 0.2) is 11.5 Å². The maximum absolute atomic E-state index is 12.0. The number of carbonyl (C=O) groups excluding carboxylic acids is 2. The quantitative estimate of drug-likeness (QED) is 0.265. The molecular formula is C24H21Cl2N3O5. The monoisotopic (exact) mass is 501 g/mol. The van der Waals surface area contributed by atoms with E-state index in [2.05, 4.69) is 15.8 Å². The maximum atomic E-state index is 12.0. The first-order chi connectivity index (χ1) is 16.4. The third-order valence-corrected chi connectivity index (χ3v) is 5.09. The molecule has 0 fully saturated rings. The molecule has 0 aromatic heterocycles. The highest BCUT2D eigenvalue weighted by atomic mass is 35.5. The minimum Gasteiger partial charge on any atom is -0.497 e. The number of carbonyl (C=O) groups is 2. The number of nitrogens with one attached hydrogen (secondary N) is 2. The zero-order valence-electron chi connectivity index (χ0n) is 18.3. The molecule has 176 valence electrons. The molecule has 2 amide bonds. The van der Waals surface area contributed by atoms with Gasteiger partial charge in [-0.3, -0.25) is 9.59 Å². The number of halogens is 2. The molecule has 3 aromatic carbocycles. The normalized spacial score (nSPS) is 10.6. The number of rotatable bonds is 8. The van der Waals surface area contributed by atoms with Crippen LogP contribution in [0.25, 0.3) is 0 Å². The van der Waals surface area contributed by atoms with Crippen molar-refractivity contribution in [2.75, 3.05) is 19.5 Å². The van der Waals surface area contributed by atoms with Gasteiger partial charge >= 0.3 is 11.8 Å². The highest BCUT2D eigenvalue weighted by molar-refractivity contribution is 6.39. The number of hydrogen-bond donors (Lipinski definition) is 2. The van der Waals surface area contributed by atoms with Crippen molar-refractivity contribution < 1.29 is 23.8 Å². The van der Waals surface area contributed by atoms with E-state index in [-0.39, 0.29) is 6.61 Å². The van der Waals surface area contributed by atoms with Crippen molar-refractivity contribution in [2.24, 2.45) is 5.10 Å². The van der Waals surface area contributed by atoms with Crippen LogP contribution in [0.15, 0.2) is 65.8 Å². The predicted molar refractivity (Wildman–Crippen MR) is 131 cm³/mol. The van der Waals surface area contributed by atoms with Crippen molar-refractivity contribution in [3.63, 3.8) is 0 Å². The highest BCUT2D eigenvalue weighted by Crippen LogP contribution is 2.29. The molecule has 2 N–H and O–H groups in total. The molecule has 0 saturated carbocycles. The van der Waals surface area contributed by atoms with E-state index in [9.17, 15) is 9.59 Å². The summed E-state index contributed by atoms with van der Waals surface area (Å²) in [6.45, 7) is 0.220. The van der Waals surface area contributed by atoms with Gasteiger partial charge in [0, 0.05) is 27.4 Å². The number of anilines is 1. The Hall–Kier alpha value is -3.75. The van der Waals surface area contributed by atoms with E-state index in [1.165, 1.54) is 20.4 Å². The van der Waals surface area contributed by atoms with Gasteiger partial charge in [-0.15, -0.1) is 0 Å². The van der Waals surface area contributed by atoms with Gasteiger partial charge in [-0.25, -0.2) is 5.43 Å². The van der Waals surface area contributed by atoms with E-state index >= 15 is 0 Å². The van der Waals surface area contributed by atoms with Gasteiger partial charge in [0.2, 0.25) is 0 Å². The molecule has 34 heavy (non-hydrogen) atoms. The molecular weight excluding hydrogens is 481 g/mol. The fourth-order valence-electron chi connectivity index (χ4n) is 2.78. The fourth-order valence-corrected chi connectivity index (χ4v) is 3.25. The molecule has 0 radical (unpaired) electrons. The van der Waals surface area contributed by atoms with Crippen molar-refractivity contribution in [3.05, 3.63) is 81.8 Å². The van der Waals surface area contributed by atoms with Crippen LogP contribution in [0.4, 0.5) is 5.69 Å². The van der Waals surface area contributed by atoms with Gasteiger partial charge in [-0.05, 0) is 48.0 Å². The molecule has 3 rings (SSSR count). The van der Waals surface area contributed by atoms with E-state index in [0.717, 1.165) is 5.56 Å². The van der Waals surface area contributed by atoms with Crippen LogP contribution in [0.1, 0.15) is 11.1 Å². The smallest absolute Gasteiger partial charge is 0.329 e. The standard InChI is InChI=1S/C24H21Cl2N3O5/c1-32-19-5-3-4-18(12-19)28-23(30)24(31)29-27-13-15-6-9-21(22(10-15)33-2)34-14-16-7-8-17(25)11-20(16)26/h3-13H,14H2,1-2H3,(H,28,30)(H,29,31)/b27-13-. The Bertz CT molecular complexity index is 1220. The van der Waals surface area contributed by atoms with Crippen molar-refractivity contribution in [1.29, 1.82) is 0 Å². The SMILES string of the molecule is COc1cccc(NC(=O)C(=O)N/N=C\c2ccc(OCc3ccc(Cl)cc3Cl)c(OC)c2)c1. The molecule has 0 aliphatic carbocycles. The number of methoxy groups -OCH3 is 2. The van der Waals surface area contributed by atoms with Crippen molar-refractivity contribution in [2.45, 2.75) is 6.61 Å². The van der Waals surface area contributed by atoms with Crippen LogP contribution < -0.4 is 25.0 Å².